The predicted octanol–water partition coefficient (Wildman–Crippen LogP) is 3.01. The van der Waals surface area contributed by atoms with E-state index in [-0.39, 0.29) is 29.8 Å². The highest BCUT2D eigenvalue weighted by Gasteiger charge is 2.18. The fourth-order valence-corrected chi connectivity index (χ4v) is 4.10. The van der Waals surface area contributed by atoms with Crippen LogP contribution in [-0.4, -0.2) is 33.3 Å². The van der Waals surface area contributed by atoms with Crippen LogP contribution in [0, 0.1) is 13.8 Å². The minimum absolute atomic E-state index is 0.0415. The number of halogens is 1. The Balaban J connectivity index is 1.89. The van der Waals surface area contributed by atoms with E-state index in [0.717, 1.165) is 0 Å². The lowest BCUT2D eigenvalue weighted by Gasteiger charge is -2.12. The number of aryl methyl sites for hydroxylation is 2. The number of amides is 2. The van der Waals surface area contributed by atoms with Gasteiger partial charge in [0.15, 0.2) is 0 Å². The van der Waals surface area contributed by atoms with Gasteiger partial charge in [0, 0.05) is 35.8 Å². The predicted molar refractivity (Wildman–Crippen MR) is 114 cm³/mol. The van der Waals surface area contributed by atoms with E-state index in [2.05, 4.69) is 15.4 Å². The summed E-state index contributed by atoms with van der Waals surface area (Å²) in [6, 6.07) is 9.58. The largest absolute Gasteiger partial charge is 0.351 e. The molecule has 0 saturated heterocycles. The third-order valence-electron chi connectivity index (χ3n) is 4.20. The summed E-state index contributed by atoms with van der Waals surface area (Å²) < 4.78 is 27.4. The van der Waals surface area contributed by atoms with Crippen LogP contribution < -0.4 is 15.4 Å². The van der Waals surface area contributed by atoms with Gasteiger partial charge in [-0.3, -0.25) is 9.59 Å². The molecule has 2 amide bonds. The molecule has 0 radical (unpaired) electrons. The molecule has 0 fully saturated rings. The van der Waals surface area contributed by atoms with Gasteiger partial charge in [-0.1, -0.05) is 18.5 Å². The van der Waals surface area contributed by atoms with Gasteiger partial charge >= 0.3 is 0 Å². The molecular formula is C20H24ClN3O4S. The van der Waals surface area contributed by atoms with Crippen molar-refractivity contribution in [3.05, 3.63) is 58.1 Å². The first-order chi connectivity index (χ1) is 13.6. The van der Waals surface area contributed by atoms with Crippen LogP contribution in [0.2, 0.25) is 5.02 Å². The molecule has 3 N–H and O–H groups in total. The molecule has 2 rings (SSSR count). The summed E-state index contributed by atoms with van der Waals surface area (Å²) in [4.78, 5) is 23.7. The summed E-state index contributed by atoms with van der Waals surface area (Å²) in [5.74, 6) is -0.448. The Bertz CT molecular complexity index is 1010. The number of hydrogen-bond donors (Lipinski definition) is 3. The van der Waals surface area contributed by atoms with Crippen molar-refractivity contribution < 1.29 is 18.0 Å². The molecule has 0 heterocycles. The van der Waals surface area contributed by atoms with Gasteiger partial charge in [0.2, 0.25) is 15.9 Å². The van der Waals surface area contributed by atoms with E-state index >= 15 is 0 Å². The molecule has 0 unspecified atom stereocenters. The standard InChI is InChI=1S/C20H24ClN3O4S/c1-4-19(25)24-16-7-5-15(6-8-16)20(26)22-9-10-23-29(27,28)18-12-13(2)17(21)11-14(18)3/h5-8,11-12,23H,4,9-10H2,1-3H3,(H,22,26)(H,24,25). The number of rotatable bonds is 8. The van der Waals surface area contributed by atoms with Crippen molar-refractivity contribution in [1.82, 2.24) is 10.0 Å². The van der Waals surface area contributed by atoms with Gasteiger partial charge in [-0.15, -0.1) is 0 Å². The number of benzene rings is 2. The Morgan fingerprint density at radius 3 is 2.28 bits per heavy atom. The maximum Gasteiger partial charge on any atom is 0.251 e. The van der Waals surface area contributed by atoms with E-state index in [1.165, 1.54) is 6.07 Å². The summed E-state index contributed by atoms with van der Waals surface area (Å²) in [5, 5.41) is 5.86. The van der Waals surface area contributed by atoms with Crippen molar-refractivity contribution in [2.24, 2.45) is 0 Å². The molecule has 0 bridgehead atoms. The second kappa shape index (κ2) is 9.87. The van der Waals surface area contributed by atoms with E-state index in [0.29, 0.717) is 33.8 Å². The van der Waals surface area contributed by atoms with Crippen LogP contribution in [0.4, 0.5) is 5.69 Å². The first kappa shape index (κ1) is 22.9. The van der Waals surface area contributed by atoms with E-state index in [1.54, 1.807) is 51.1 Å². The third kappa shape index (κ3) is 6.28. The fraction of sp³-hybridized carbons (Fsp3) is 0.300. The number of anilines is 1. The Hall–Kier alpha value is -2.42. The van der Waals surface area contributed by atoms with Crippen molar-refractivity contribution in [2.45, 2.75) is 32.1 Å². The maximum atomic E-state index is 12.5. The van der Waals surface area contributed by atoms with Crippen LogP contribution >= 0.6 is 11.6 Å². The van der Waals surface area contributed by atoms with Gasteiger partial charge in [0.25, 0.3) is 5.91 Å². The van der Waals surface area contributed by atoms with Crippen LogP contribution in [-0.2, 0) is 14.8 Å². The summed E-state index contributed by atoms with van der Waals surface area (Å²) >= 11 is 6.01. The molecule has 29 heavy (non-hydrogen) atoms. The lowest BCUT2D eigenvalue weighted by atomic mass is 10.2. The first-order valence-corrected chi connectivity index (χ1v) is 10.9. The highest BCUT2D eigenvalue weighted by atomic mass is 35.5. The average Bonchev–Trinajstić information content (AvgIpc) is 2.68. The SMILES string of the molecule is CCC(=O)Nc1ccc(C(=O)NCCNS(=O)(=O)c2cc(C)c(Cl)cc2C)cc1. The smallest absolute Gasteiger partial charge is 0.251 e. The Labute approximate surface area is 175 Å². The molecule has 7 nitrogen and oxygen atoms in total. The number of nitrogens with one attached hydrogen (secondary N) is 3. The summed E-state index contributed by atoms with van der Waals surface area (Å²) in [5.41, 5.74) is 2.23. The Kier molecular flexibility index (Phi) is 7.78. The Morgan fingerprint density at radius 2 is 1.66 bits per heavy atom. The minimum atomic E-state index is -3.71. The van der Waals surface area contributed by atoms with Crippen molar-refractivity contribution >= 4 is 39.1 Å². The number of carbonyl (C=O) groups excluding carboxylic acids is 2. The van der Waals surface area contributed by atoms with Gasteiger partial charge in [-0.25, -0.2) is 13.1 Å². The zero-order valence-electron chi connectivity index (χ0n) is 16.5. The van der Waals surface area contributed by atoms with E-state index in [4.69, 9.17) is 11.6 Å². The van der Waals surface area contributed by atoms with Crippen LogP contribution in [0.1, 0.15) is 34.8 Å². The molecule has 9 heteroatoms. The molecule has 2 aromatic rings. The molecule has 0 aliphatic rings. The highest BCUT2D eigenvalue weighted by Crippen LogP contribution is 2.23. The normalized spacial score (nSPS) is 11.2. The van der Waals surface area contributed by atoms with Gasteiger partial charge in [0.1, 0.15) is 0 Å². The molecular weight excluding hydrogens is 414 g/mol. The molecule has 0 aliphatic carbocycles. The van der Waals surface area contributed by atoms with Gasteiger partial charge in [0.05, 0.1) is 4.90 Å². The second-order valence-electron chi connectivity index (χ2n) is 6.50. The maximum absolute atomic E-state index is 12.5. The average molecular weight is 438 g/mol. The summed E-state index contributed by atoms with van der Waals surface area (Å²) in [6.07, 6.45) is 0.368. The highest BCUT2D eigenvalue weighted by molar-refractivity contribution is 7.89. The molecule has 156 valence electrons. The molecule has 0 aromatic heterocycles. The van der Waals surface area contributed by atoms with Crippen LogP contribution in [0.15, 0.2) is 41.3 Å². The van der Waals surface area contributed by atoms with Crippen molar-refractivity contribution in [3.63, 3.8) is 0 Å². The fourth-order valence-electron chi connectivity index (χ4n) is 2.54. The van der Waals surface area contributed by atoms with Gasteiger partial charge in [-0.05, 0) is 61.4 Å². The topological polar surface area (TPSA) is 104 Å². The van der Waals surface area contributed by atoms with Crippen LogP contribution in [0.5, 0.6) is 0 Å². The number of sulfonamides is 1. The third-order valence-corrected chi connectivity index (χ3v) is 6.21. The quantitative estimate of drug-likeness (QED) is 0.552. The monoisotopic (exact) mass is 437 g/mol. The lowest BCUT2D eigenvalue weighted by molar-refractivity contribution is -0.115. The minimum Gasteiger partial charge on any atom is -0.351 e. The van der Waals surface area contributed by atoms with Gasteiger partial charge < -0.3 is 10.6 Å². The van der Waals surface area contributed by atoms with Gasteiger partial charge in [-0.2, -0.15) is 0 Å². The Morgan fingerprint density at radius 1 is 1.00 bits per heavy atom. The second-order valence-corrected chi connectivity index (χ2v) is 8.64. The van der Waals surface area contributed by atoms with E-state index in [1.807, 2.05) is 0 Å². The van der Waals surface area contributed by atoms with Crippen molar-refractivity contribution in [2.75, 3.05) is 18.4 Å². The lowest BCUT2D eigenvalue weighted by Crippen LogP contribution is -2.35. The summed E-state index contributed by atoms with van der Waals surface area (Å²) in [7, 11) is -3.71. The molecule has 0 aliphatic heterocycles. The van der Waals surface area contributed by atoms with Crippen molar-refractivity contribution in [1.29, 1.82) is 0 Å². The molecule has 2 aromatic carbocycles. The van der Waals surface area contributed by atoms with E-state index in [9.17, 15) is 18.0 Å². The first-order valence-electron chi connectivity index (χ1n) is 9.08. The van der Waals surface area contributed by atoms with Crippen molar-refractivity contribution in [3.8, 4) is 0 Å². The zero-order chi connectivity index (χ0) is 21.6. The zero-order valence-corrected chi connectivity index (χ0v) is 18.1. The van der Waals surface area contributed by atoms with Crippen LogP contribution in [0.25, 0.3) is 0 Å². The number of hydrogen-bond acceptors (Lipinski definition) is 4. The molecule has 0 spiro atoms. The number of carbonyl (C=O) groups is 2. The molecule has 0 saturated carbocycles. The van der Waals surface area contributed by atoms with Crippen LogP contribution in [0.3, 0.4) is 0 Å². The van der Waals surface area contributed by atoms with E-state index < -0.39 is 10.0 Å². The summed E-state index contributed by atoms with van der Waals surface area (Å²) in [6.45, 7) is 5.33. The molecule has 0 atom stereocenters.